The third-order valence-corrected chi connectivity index (χ3v) is 23.1. The third kappa shape index (κ3) is 14.4. The molecule has 26 nitrogen and oxygen atoms in total. The maximum atomic E-state index is 13.1. The van der Waals surface area contributed by atoms with Crippen molar-refractivity contribution < 1.29 is 126 Å². The van der Waals surface area contributed by atoms with Crippen LogP contribution in [0.4, 0.5) is 0 Å². The summed E-state index contributed by atoms with van der Waals surface area (Å²) < 4.78 is 106. The van der Waals surface area contributed by atoms with Crippen molar-refractivity contribution in [1.82, 2.24) is 0 Å². The summed E-state index contributed by atoms with van der Waals surface area (Å²) in [5.74, 6) is -0.346. The van der Waals surface area contributed by atoms with Gasteiger partial charge in [-0.1, -0.05) is 31.6 Å². The van der Waals surface area contributed by atoms with Gasteiger partial charge in [0.25, 0.3) is 0 Å². The van der Waals surface area contributed by atoms with Gasteiger partial charge in [-0.3, -0.25) is 0 Å². The average Bonchev–Trinajstić information content (AvgIpc) is 1.42. The van der Waals surface area contributed by atoms with Gasteiger partial charge in [-0.2, -0.15) is 0 Å². The normalized spacial score (nSPS) is 50.4. The third-order valence-electron chi connectivity index (χ3n) is 23.1. The van der Waals surface area contributed by atoms with Gasteiger partial charge in [0.05, 0.1) is 73.8 Å². The van der Waals surface area contributed by atoms with E-state index in [2.05, 4.69) is 19.9 Å². The minimum absolute atomic E-state index is 0.00641. The standard InChI is InChI=1S/C66H108O26/c1-14-30(2)61(74)92-60-35(7)84-50(27-44(60)79-13)91-59-34(6)83-49(26-43(59)78-12)90-58-33(5)82-48(25-42(58)77-11)89-57-32(4)81-47(24-41(57)76-10)86-37-17-20-64(8)36(23-37)15-16-40-39(64)18-21-65(9)38(19-22-66(40,65)75)31(3)85-63-56(73)54(71)52(69)46(88-63)29-80-62-55(72)53(70)51(68)45(28-67)87-62/h14-15,31-35,37-60,62-63,67-73,75H,16-29H2,1-13H3. The van der Waals surface area contributed by atoms with Gasteiger partial charge in [0, 0.05) is 65.1 Å². The van der Waals surface area contributed by atoms with E-state index >= 15 is 0 Å². The molecule has 0 spiro atoms. The molecule has 4 aliphatic carbocycles. The van der Waals surface area contributed by atoms with E-state index in [1.54, 1.807) is 48.4 Å². The van der Waals surface area contributed by atoms with Crippen molar-refractivity contribution in [1.29, 1.82) is 0 Å². The molecule has 0 aromatic rings. The molecule has 8 N–H and O–H groups in total. The summed E-state index contributed by atoms with van der Waals surface area (Å²) in [6, 6.07) is 0. The number of methoxy groups -OCH3 is 4. The number of allylic oxidation sites excluding steroid dienone is 2. The van der Waals surface area contributed by atoms with Gasteiger partial charge >= 0.3 is 5.97 Å². The fourth-order valence-corrected chi connectivity index (χ4v) is 17.5. The number of hydrogen-bond acceptors (Lipinski definition) is 26. The van der Waals surface area contributed by atoms with Crippen LogP contribution >= 0.6 is 0 Å². The molecule has 6 aliphatic heterocycles. The van der Waals surface area contributed by atoms with Gasteiger partial charge in [0.2, 0.25) is 0 Å². The molecule has 34 atom stereocenters. The van der Waals surface area contributed by atoms with Crippen LogP contribution in [0.2, 0.25) is 0 Å². The highest BCUT2D eigenvalue weighted by molar-refractivity contribution is 5.87. The second kappa shape index (κ2) is 30.2. The first-order chi connectivity index (χ1) is 43.7. The molecule has 6 heterocycles. The minimum Gasteiger partial charge on any atom is -0.453 e. The van der Waals surface area contributed by atoms with Gasteiger partial charge in [-0.25, -0.2) is 4.79 Å². The number of ether oxygens (including phenoxy) is 17. The van der Waals surface area contributed by atoms with Crippen LogP contribution in [0.3, 0.4) is 0 Å². The summed E-state index contributed by atoms with van der Waals surface area (Å²) in [6.45, 7) is 16.4. The number of carbonyl (C=O) groups excluding carboxylic acids is 1. The molecule has 0 aromatic carbocycles. The smallest absolute Gasteiger partial charge is 0.333 e. The SMILES string of the molecule is CC=C(C)C(=O)OC1C(C)OC(OC2C(C)OC(OC3C(C)OC(OC4C(C)OC(OC5CCC6(C)C(=CCC7C6CCC6(C)C(C(C)OC8OC(COC9OC(CO)C(O)C(O)C9O)C(O)C(O)C8O)CCC76O)C5)CC4OC)CC3OC)CC2OC)CC1OC. The van der Waals surface area contributed by atoms with Crippen molar-refractivity contribution in [2.75, 3.05) is 41.7 Å². The summed E-state index contributed by atoms with van der Waals surface area (Å²) in [5, 5.41) is 86.7. The van der Waals surface area contributed by atoms with Crippen LogP contribution in [0.15, 0.2) is 23.3 Å². The monoisotopic (exact) mass is 1320 g/mol. The molecule has 10 rings (SSSR count). The maximum Gasteiger partial charge on any atom is 0.333 e. The van der Waals surface area contributed by atoms with E-state index in [4.69, 9.17) is 80.5 Å². The van der Waals surface area contributed by atoms with Gasteiger partial charge in [-0.15, -0.1) is 0 Å². The second-order valence-electron chi connectivity index (χ2n) is 28.3. The van der Waals surface area contributed by atoms with Crippen molar-refractivity contribution >= 4 is 5.97 Å². The van der Waals surface area contributed by atoms with Crippen LogP contribution in [-0.4, -0.2) is 266 Å². The molecule has 0 amide bonds. The highest BCUT2D eigenvalue weighted by Crippen LogP contribution is 2.69. The molecular formula is C66H108O26. The first kappa shape index (κ1) is 72.7. The zero-order chi connectivity index (χ0) is 66.5. The lowest BCUT2D eigenvalue weighted by Crippen LogP contribution is -2.63. The fourth-order valence-electron chi connectivity index (χ4n) is 17.5. The van der Waals surface area contributed by atoms with Crippen molar-refractivity contribution in [2.24, 2.45) is 28.6 Å². The number of rotatable bonds is 21. The van der Waals surface area contributed by atoms with E-state index in [1.807, 2.05) is 34.6 Å². The number of fused-ring (bicyclic) bond motifs is 5. The second-order valence-corrected chi connectivity index (χ2v) is 28.3. The lowest BCUT2D eigenvalue weighted by Gasteiger charge is -2.61. The molecule has 0 aromatic heterocycles. The zero-order valence-corrected chi connectivity index (χ0v) is 55.9. The van der Waals surface area contributed by atoms with Crippen LogP contribution in [0.5, 0.6) is 0 Å². The maximum absolute atomic E-state index is 13.1. The largest absolute Gasteiger partial charge is 0.453 e. The van der Waals surface area contributed by atoms with E-state index in [1.165, 1.54) is 5.57 Å². The summed E-state index contributed by atoms with van der Waals surface area (Å²) >= 11 is 0. The van der Waals surface area contributed by atoms with Crippen LogP contribution < -0.4 is 0 Å². The molecule has 0 bridgehead atoms. The molecular weight excluding hydrogens is 1210 g/mol. The average molecular weight is 1320 g/mol. The Labute approximate surface area is 540 Å². The number of hydrogen-bond donors (Lipinski definition) is 8. The molecule has 92 heavy (non-hydrogen) atoms. The summed E-state index contributed by atoms with van der Waals surface area (Å²) in [4.78, 5) is 12.6. The van der Waals surface area contributed by atoms with E-state index in [-0.39, 0.29) is 35.4 Å². The lowest BCUT2D eigenvalue weighted by atomic mass is 9.45. The molecule has 528 valence electrons. The van der Waals surface area contributed by atoms with Crippen LogP contribution in [0, 0.1) is 28.6 Å². The predicted molar refractivity (Wildman–Crippen MR) is 321 cm³/mol. The Morgan fingerprint density at radius 3 is 1.60 bits per heavy atom. The Kier molecular flexibility index (Phi) is 23.9. The van der Waals surface area contributed by atoms with Crippen LogP contribution in [0.1, 0.15) is 139 Å². The van der Waals surface area contributed by atoms with Gasteiger partial charge < -0.3 is 121 Å². The van der Waals surface area contributed by atoms with E-state index < -0.39 is 190 Å². The van der Waals surface area contributed by atoms with Crippen molar-refractivity contribution in [3.8, 4) is 0 Å². The Morgan fingerprint density at radius 1 is 0.609 bits per heavy atom. The number of carbonyl (C=O) groups is 1. The Bertz CT molecular complexity index is 2470. The van der Waals surface area contributed by atoms with Gasteiger partial charge in [0.1, 0.15) is 73.2 Å². The predicted octanol–water partition coefficient (Wildman–Crippen LogP) is 2.73. The zero-order valence-electron chi connectivity index (χ0n) is 55.9. The molecule has 26 heteroatoms. The van der Waals surface area contributed by atoms with Gasteiger partial charge in [-0.05, 0) is 123 Å². The Morgan fingerprint density at radius 2 is 1.09 bits per heavy atom. The van der Waals surface area contributed by atoms with Gasteiger partial charge in [0.15, 0.2) is 43.8 Å². The van der Waals surface area contributed by atoms with E-state index in [0.717, 1.165) is 32.1 Å². The molecule has 3 saturated carbocycles. The lowest BCUT2D eigenvalue weighted by molar-refractivity contribution is -0.347. The highest BCUT2D eigenvalue weighted by atomic mass is 16.8. The Balaban J connectivity index is 0.691. The number of aliphatic hydroxyl groups excluding tert-OH is 7. The number of aliphatic hydroxyl groups is 8. The summed E-state index contributed by atoms with van der Waals surface area (Å²) in [7, 11) is 6.54. The van der Waals surface area contributed by atoms with Crippen LogP contribution in [0.25, 0.3) is 0 Å². The summed E-state index contributed by atoms with van der Waals surface area (Å²) in [5.41, 5.74) is 0.133. The molecule has 9 fully saturated rings. The number of esters is 1. The fraction of sp³-hybridized carbons (Fsp3) is 0.924. The van der Waals surface area contributed by atoms with Crippen molar-refractivity contribution in [3.05, 3.63) is 23.3 Å². The first-order valence-corrected chi connectivity index (χ1v) is 33.6. The molecule has 6 saturated heterocycles. The van der Waals surface area contributed by atoms with E-state index in [0.29, 0.717) is 50.5 Å². The van der Waals surface area contributed by atoms with Crippen molar-refractivity contribution in [2.45, 2.75) is 317 Å². The highest BCUT2D eigenvalue weighted by Gasteiger charge is 2.67. The first-order valence-electron chi connectivity index (χ1n) is 33.6. The molecule has 10 aliphatic rings. The van der Waals surface area contributed by atoms with Crippen molar-refractivity contribution in [3.63, 3.8) is 0 Å². The Hall–Kier alpha value is -2.01. The van der Waals surface area contributed by atoms with E-state index in [9.17, 15) is 45.6 Å². The quantitative estimate of drug-likeness (QED) is 0.0465. The summed E-state index contributed by atoms with van der Waals surface area (Å²) in [6.07, 6.45) is -12.4. The minimum atomic E-state index is -1.69. The molecule has 0 radical (unpaired) electrons. The van der Waals surface area contributed by atoms with Crippen LogP contribution in [-0.2, 0) is 85.3 Å². The molecule has 34 unspecified atom stereocenters. The topological polar surface area (TPSA) is 336 Å².